The van der Waals surface area contributed by atoms with Crippen molar-refractivity contribution in [3.63, 3.8) is 0 Å². The number of benzene rings is 2. The lowest BCUT2D eigenvalue weighted by atomic mass is 10.2. The smallest absolute Gasteiger partial charge is 0.262 e. The van der Waals surface area contributed by atoms with Gasteiger partial charge in [0, 0.05) is 31.4 Å². The number of hydrogen-bond acceptors (Lipinski definition) is 5. The number of carbonyl (C=O) groups excluding carboxylic acids is 2. The second-order valence-corrected chi connectivity index (χ2v) is 9.32. The second kappa shape index (κ2) is 10.4. The molecule has 3 rings (SSSR count). The highest BCUT2D eigenvalue weighted by atomic mass is 32.2. The molecule has 0 aromatic heterocycles. The Morgan fingerprint density at radius 1 is 0.871 bits per heavy atom. The Morgan fingerprint density at radius 2 is 1.42 bits per heavy atom. The molecule has 0 atom stereocenters. The molecule has 0 spiro atoms. The predicted molar refractivity (Wildman–Crippen MR) is 119 cm³/mol. The Bertz CT molecular complexity index is 996. The molecule has 1 fully saturated rings. The van der Waals surface area contributed by atoms with Gasteiger partial charge in [-0.05, 0) is 61.4 Å². The minimum atomic E-state index is -3.51. The molecule has 2 aromatic carbocycles. The maximum atomic E-state index is 12.8. The van der Waals surface area contributed by atoms with Crippen molar-refractivity contribution in [1.82, 2.24) is 4.31 Å². The van der Waals surface area contributed by atoms with Gasteiger partial charge in [-0.2, -0.15) is 4.31 Å². The fraction of sp³-hybridized carbons (Fsp3) is 0.364. The van der Waals surface area contributed by atoms with Crippen molar-refractivity contribution in [1.29, 1.82) is 0 Å². The van der Waals surface area contributed by atoms with E-state index < -0.39 is 10.0 Å². The Balaban J connectivity index is 1.52. The minimum absolute atomic E-state index is 0.171. The van der Waals surface area contributed by atoms with Crippen LogP contribution >= 0.6 is 0 Å². The molecule has 31 heavy (non-hydrogen) atoms. The van der Waals surface area contributed by atoms with Gasteiger partial charge in [-0.3, -0.25) is 9.59 Å². The lowest BCUT2D eigenvalue weighted by Crippen LogP contribution is -2.31. The maximum Gasteiger partial charge on any atom is 0.262 e. The first-order valence-corrected chi connectivity index (χ1v) is 11.7. The van der Waals surface area contributed by atoms with Crippen LogP contribution in [-0.4, -0.2) is 44.2 Å². The first kappa shape index (κ1) is 22.8. The third-order valence-corrected chi connectivity index (χ3v) is 6.80. The molecule has 1 saturated heterocycles. The number of hydrogen-bond donors (Lipinski definition) is 2. The van der Waals surface area contributed by atoms with Crippen LogP contribution in [0.2, 0.25) is 0 Å². The highest BCUT2D eigenvalue weighted by Gasteiger charge is 2.25. The first-order chi connectivity index (χ1) is 14.8. The number of ether oxygens (including phenoxy) is 1. The van der Waals surface area contributed by atoms with Crippen molar-refractivity contribution < 1.29 is 22.7 Å². The summed E-state index contributed by atoms with van der Waals surface area (Å²) in [6, 6.07) is 12.8. The number of amides is 2. The van der Waals surface area contributed by atoms with Gasteiger partial charge in [-0.25, -0.2) is 8.42 Å². The highest BCUT2D eigenvalue weighted by molar-refractivity contribution is 7.89. The molecule has 9 heteroatoms. The van der Waals surface area contributed by atoms with Crippen molar-refractivity contribution in [2.45, 2.75) is 37.5 Å². The minimum Gasteiger partial charge on any atom is -0.484 e. The van der Waals surface area contributed by atoms with Crippen molar-refractivity contribution in [2.24, 2.45) is 0 Å². The topological polar surface area (TPSA) is 105 Å². The fourth-order valence-corrected chi connectivity index (χ4v) is 4.84. The number of rotatable bonds is 7. The van der Waals surface area contributed by atoms with Crippen LogP contribution < -0.4 is 15.4 Å². The molecule has 0 aliphatic carbocycles. The molecule has 1 heterocycles. The first-order valence-electron chi connectivity index (χ1n) is 10.2. The van der Waals surface area contributed by atoms with Gasteiger partial charge in [-0.1, -0.05) is 12.8 Å². The van der Waals surface area contributed by atoms with Gasteiger partial charge in [0.1, 0.15) is 5.75 Å². The van der Waals surface area contributed by atoms with Gasteiger partial charge in [-0.15, -0.1) is 0 Å². The van der Waals surface area contributed by atoms with E-state index in [1.54, 1.807) is 40.7 Å². The molecule has 1 aliphatic heterocycles. The van der Waals surface area contributed by atoms with E-state index in [1.165, 1.54) is 19.1 Å². The van der Waals surface area contributed by atoms with Crippen LogP contribution in [0.15, 0.2) is 53.4 Å². The van der Waals surface area contributed by atoms with E-state index in [9.17, 15) is 18.0 Å². The molecule has 0 saturated carbocycles. The van der Waals surface area contributed by atoms with Crippen LogP contribution in [0, 0.1) is 0 Å². The normalized spacial score (nSPS) is 15.0. The average molecular weight is 446 g/mol. The Labute approximate surface area is 182 Å². The van der Waals surface area contributed by atoms with Gasteiger partial charge in [0.05, 0.1) is 4.90 Å². The molecule has 0 radical (unpaired) electrons. The zero-order valence-electron chi connectivity index (χ0n) is 17.5. The standard InChI is InChI=1S/C22H27N3O5S/c1-17(26)23-18-6-8-19(9-7-18)24-22(27)16-30-20-10-12-21(13-11-20)31(28,29)25-14-4-2-3-5-15-25/h6-13H,2-5,14-16H2,1H3,(H,23,26)(H,24,27). The van der Waals surface area contributed by atoms with Crippen molar-refractivity contribution in [3.05, 3.63) is 48.5 Å². The van der Waals surface area contributed by atoms with Crippen LogP contribution in [0.3, 0.4) is 0 Å². The lowest BCUT2D eigenvalue weighted by molar-refractivity contribution is -0.118. The summed E-state index contributed by atoms with van der Waals surface area (Å²) in [5.74, 6) is -0.116. The molecule has 2 N–H and O–H groups in total. The Hall–Kier alpha value is -2.91. The summed E-state index contributed by atoms with van der Waals surface area (Å²) in [6.45, 7) is 2.30. The molecule has 1 aliphatic rings. The number of nitrogens with one attached hydrogen (secondary N) is 2. The summed E-state index contributed by atoms with van der Waals surface area (Å²) in [5, 5.41) is 5.35. The lowest BCUT2D eigenvalue weighted by Gasteiger charge is -2.20. The summed E-state index contributed by atoms with van der Waals surface area (Å²) in [4.78, 5) is 23.4. The monoisotopic (exact) mass is 445 g/mol. The number of carbonyl (C=O) groups is 2. The van der Waals surface area contributed by atoms with Gasteiger partial charge in [0.15, 0.2) is 6.61 Å². The van der Waals surface area contributed by atoms with Crippen LogP contribution in [-0.2, 0) is 19.6 Å². The van der Waals surface area contributed by atoms with E-state index in [4.69, 9.17) is 4.74 Å². The number of anilines is 2. The quantitative estimate of drug-likeness (QED) is 0.681. The van der Waals surface area contributed by atoms with Crippen LogP contribution in [0.5, 0.6) is 5.75 Å². The summed E-state index contributed by atoms with van der Waals surface area (Å²) < 4.78 is 32.6. The van der Waals surface area contributed by atoms with Crippen LogP contribution in [0.1, 0.15) is 32.6 Å². The fourth-order valence-electron chi connectivity index (χ4n) is 3.33. The van der Waals surface area contributed by atoms with Gasteiger partial charge in [0.2, 0.25) is 15.9 Å². The molecule has 0 bridgehead atoms. The van der Waals surface area contributed by atoms with E-state index in [-0.39, 0.29) is 23.3 Å². The van der Waals surface area contributed by atoms with Crippen LogP contribution in [0.4, 0.5) is 11.4 Å². The Kier molecular flexibility index (Phi) is 7.64. The van der Waals surface area contributed by atoms with Gasteiger partial charge < -0.3 is 15.4 Å². The van der Waals surface area contributed by atoms with E-state index >= 15 is 0 Å². The summed E-state index contributed by atoms with van der Waals surface area (Å²) in [6.07, 6.45) is 3.87. The third-order valence-electron chi connectivity index (χ3n) is 4.89. The van der Waals surface area contributed by atoms with Gasteiger partial charge in [0.25, 0.3) is 5.91 Å². The highest BCUT2D eigenvalue weighted by Crippen LogP contribution is 2.22. The molecular weight excluding hydrogens is 418 g/mol. The summed E-state index contributed by atoms with van der Waals surface area (Å²) >= 11 is 0. The van der Waals surface area contributed by atoms with Crippen molar-refractivity contribution >= 4 is 33.2 Å². The molecular formula is C22H27N3O5S. The zero-order chi connectivity index (χ0) is 22.3. The van der Waals surface area contributed by atoms with Crippen molar-refractivity contribution in [2.75, 3.05) is 30.3 Å². The SMILES string of the molecule is CC(=O)Nc1ccc(NC(=O)COc2ccc(S(=O)(=O)N3CCCCCC3)cc2)cc1. The second-order valence-electron chi connectivity index (χ2n) is 7.39. The van der Waals surface area contributed by atoms with E-state index in [0.717, 1.165) is 25.7 Å². The zero-order valence-corrected chi connectivity index (χ0v) is 18.3. The van der Waals surface area contributed by atoms with E-state index in [0.29, 0.717) is 30.2 Å². The van der Waals surface area contributed by atoms with Crippen LogP contribution in [0.25, 0.3) is 0 Å². The summed E-state index contributed by atoms with van der Waals surface area (Å²) in [7, 11) is -3.51. The Morgan fingerprint density at radius 3 is 1.97 bits per heavy atom. The number of nitrogens with zero attached hydrogens (tertiary/aromatic N) is 1. The number of sulfonamides is 1. The van der Waals surface area contributed by atoms with Crippen molar-refractivity contribution in [3.8, 4) is 5.75 Å². The maximum absolute atomic E-state index is 12.8. The molecule has 2 aromatic rings. The predicted octanol–water partition coefficient (Wildman–Crippen LogP) is 3.23. The van der Waals surface area contributed by atoms with E-state index in [2.05, 4.69) is 10.6 Å². The largest absolute Gasteiger partial charge is 0.484 e. The average Bonchev–Trinajstić information content (AvgIpc) is 3.04. The van der Waals surface area contributed by atoms with E-state index in [1.807, 2.05) is 0 Å². The third kappa shape index (κ3) is 6.53. The van der Waals surface area contributed by atoms with Gasteiger partial charge >= 0.3 is 0 Å². The molecule has 2 amide bonds. The molecule has 166 valence electrons. The molecule has 8 nitrogen and oxygen atoms in total. The molecule has 0 unspecified atom stereocenters. The summed E-state index contributed by atoms with van der Waals surface area (Å²) in [5.41, 5.74) is 1.21.